The van der Waals surface area contributed by atoms with Crippen LogP contribution in [-0.2, 0) is 14.2 Å². The second-order valence-corrected chi connectivity index (χ2v) is 2.26. The molecule has 1 N–H and O–H groups in total. The van der Waals surface area contributed by atoms with Crippen molar-refractivity contribution in [1.82, 2.24) is 5.32 Å². The molecule has 0 saturated carbocycles. The van der Waals surface area contributed by atoms with E-state index in [1.54, 1.807) is 0 Å². The minimum Gasteiger partial charge on any atom is -0.355 e. The lowest BCUT2D eigenvalue weighted by Gasteiger charge is -2.21. The highest BCUT2D eigenvalue weighted by Gasteiger charge is 2.38. The topological polar surface area (TPSA) is 97.2 Å². The normalized spacial score (nSPS) is 20.4. The Morgan fingerprint density at radius 1 is 1.42 bits per heavy atom. The third-order valence-electron chi connectivity index (χ3n) is 1.19. The van der Waals surface area contributed by atoms with Crippen LogP contribution in [0.5, 0.6) is 0 Å². The summed E-state index contributed by atoms with van der Waals surface area (Å²) in [5, 5.41) is 19.2. The predicted molar refractivity (Wildman–Crippen MR) is 34.7 cm³/mol. The highest BCUT2D eigenvalue weighted by Crippen LogP contribution is 2.18. The molecule has 0 radical (unpaired) electrons. The SMILES string of the molecule is CC(OC#N)(OC#N)OC1CN1. The second kappa shape index (κ2) is 3.26. The van der Waals surface area contributed by atoms with Crippen molar-refractivity contribution in [3.8, 4) is 12.5 Å². The zero-order valence-corrected chi connectivity index (χ0v) is 6.40. The standard InChI is InChI=1S/C6H7N3O3/c1-6(10-3-7,11-4-8)12-5-2-9-5/h5,9H,2H2,1H3. The Kier molecular flexibility index (Phi) is 2.34. The van der Waals surface area contributed by atoms with E-state index in [2.05, 4.69) is 14.8 Å². The molecular formula is C6H7N3O3. The molecule has 6 nitrogen and oxygen atoms in total. The summed E-state index contributed by atoms with van der Waals surface area (Å²) in [6, 6.07) is 0. The van der Waals surface area contributed by atoms with Crippen molar-refractivity contribution in [3.05, 3.63) is 0 Å². The Labute approximate surface area is 69.2 Å². The molecular weight excluding hydrogens is 162 g/mol. The molecule has 1 aliphatic rings. The minimum atomic E-state index is -1.60. The lowest BCUT2D eigenvalue weighted by atomic mass is 10.6. The Bertz CT molecular complexity index is 221. The smallest absolute Gasteiger partial charge is 0.355 e. The average molecular weight is 169 g/mol. The van der Waals surface area contributed by atoms with E-state index in [-0.39, 0.29) is 6.23 Å². The zero-order chi connectivity index (χ0) is 9.03. The lowest BCUT2D eigenvalue weighted by molar-refractivity contribution is -0.324. The molecule has 1 fully saturated rings. The summed E-state index contributed by atoms with van der Waals surface area (Å²) >= 11 is 0. The Hall–Kier alpha value is -1.50. The van der Waals surface area contributed by atoms with Crippen LogP contribution < -0.4 is 5.32 Å². The number of ether oxygens (including phenoxy) is 3. The molecule has 1 heterocycles. The number of hydrogen-bond acceptors (Lipinski definition) is 6. The zero-order valence-electron chi connectivity index (χ0n) is 6.40. The van der Waals surface area contributed by atoms with Gasteiger partial charge in [-0.2, -0.15) is 10.5 Å². The maximum absolute atomic E-state index is 8.20. The van der Waals surface area contributed by atoms with Crippen LogP contribution in [0.3, 0.4) is 0 Å². The Morgan fingerprint density at radius 3 is 2.25 bits per heavy atom. The van der Waals surface area contributed by atoms with Gasteiger partial charge in [0.25, 0.3) is 12.5 Å². The molecule has 1 unspecified atom stereocenters. The van der Waals surface area contributed by atoms with Crippen LogP contribution in [-0.4, -0.2) is 18.7 Å². The molecule has 1 rings (SSSR count). The second-order valence-electron chi connectivity index (χ2n) is 2.26. The monoisotopic (exact) mass is 169 g/mol. The van der Waals surface area contributed by atoms with Crippen molar-refractivity contribution in [2.24, 2.45) is 0 Å². The summed E-state index contributed by atoms with van der Waals surface area (Å²) < 4.78 is 13.9. The molecule has 0 aromatic carbocycles. The number of rotatable bonds is 4. The van der Waals surface area contributed by atoms with Gasteiger partial charge in [-0.05, 0) is 0 Å². The summed E-state index contributed by atoms with van der Waals surface area (Å²) in [5.41, 5.74) is 0. The van der Waals surface area contributed by atoms with Crippen LogP contribution in [0.4, 0.5) is 0 Å². The first-order chi connectivity index (χ1) is 5.70. The Balaban J connectivity index is 2.45. The fraction of sp³-hybridized carbons (Fsp3) is 0.667. The van der Waals surface area contributed by atoms with Crippen LogP contribution in [0.2, 0.25) is 0 Å². The van der Waals surface area contributed by atoms with Gasteiger partial charge in [0.15, 0.2) is 0 Å². The van der Waals surface area contributed by atoms with Crippen LogP contribution in [0.15, 0.2) is 0 Å². The van der Waals surface area contributed by atoms with Gasteiger partial charge >= 0.3 is 5.97 Å². The summed E-state index contributed by atoms with van der Waals surface area (Å²) in [5.74, 6) is -1.60. The van der Waals surface area contributed by atoms with Gasteiger partial charge in [0.1, 0.15) is 6.23 Å². The molecule has 12 heavy (non-hydrogen) atoms. The molecule has 0 spiro atoms. The number of nitrogens with one attached hydrogen (secondary N) is 1. The van der Waals surface area contributed by atoms with Crippen LogP contribution in [0, 0.1) is 23.0 Å². The van der Waals surface area contributed by atoms with E-state index in [0.29, 0.717) is 6.54 Å². The third-order valence-corrected chi connectivity index (χ3v) is 1.19. The molecule has 1 aliphatic heterocycles. The molecule has 0 aromatic heterocycles. The maximum atomic E-state index is 8.20. The lowest BCUT2D eigenvalue weighted by Crippen LogP contribution is -2.34. The summed E-state index contributed by atoms with van der Waals surface area (Å²) in [4.78, 5) is 0. The fourth-order valence-corrected chi connectivity index (χ4v) is 0.625. The van der Waals surface area contributed by atoms with E-state index in [0.717, 1.165) is 0 Å². The molecule has 0 aliphatic carbocycles. The number of nitriles is 2. The van der Waals surface area contributed by atoms with Crippen molar-refractivity contribution < 1.29 is 14.2 Å². The van der Waals surface area contributed by atoms with Gasteiger partial charge in [0.2, 0.25) is 0 Å². The number of nitrogens with zero attached hydrogens (tertiary/aromatic N) is 2. The van der Waals surface area contributed by atoms with Gasteiger partial charge < -0.3 is 9.47 Å². The molecule has 0 amide bonds. The molecule has 0 bridgehead atoms. The molecule has 64 valence electrons. The minimum absolute atomic E-state index is 0.198. The summed E-state index contributed by atoms with van der Waals surface area (Å²) in [6.07, 6.45) is 2.60. The van der Waals surface area contributed by atoms with Crippen molar-refractivity contribution in [2.45, 2.75) is 19.1 Å². The summed E-state index contributed by atoms with van der Waals surface area (Å²) in [7, 11) is 0. The highest BCUT2D eigenvalue weighted by molar-refractivity contribution is 4.76. The van der Waals surface area contributed by atoms with E-state index in [1.165, 1.54) is 19.4 Å². The van der Waals surface area contributed by atoms with Crippen molar-refractivity contribution in [1.29, 1.82) is 10.5 Å². The van der Waals surface area contributed by atoms with Gasteiger partial charge in [0, 0.05) is 13.5 Å². The van der Waals surface area contributed by atoms with Crippen molar-refractivity contribution >= 4 is 0 Å². The predicted octanol–water partition coefficient (Wildman–Crippen LogP) is -0.399. The van der Waals surface area contributed by atoms with E-state index < -0.39 is 5.97 Å². The van der Waals surface area contributed by atoms with E-state index >= 15 is 0 Å². The van der Waals surface area contributed by atoms with Gasteiger partial charge in [0.05, 0.1) is 0 Å². The average Bonchev–Trinajstić information content (AvgIpc) is 2.72. The van der Waals surface area contributed by atoms with Crippen LogP contribution in [0.25, 0.3) is 0 Å². The third kappa shape index (κ3) is 2.27. The van der Waals surface area contributed by atoms with Crippen molar-refractivity contribution in [3.63, 3.8) is 0 Å². The quantitative estimate of drug-likeness (QED) is 0.349. The van der Waals surface area contributed by atoms with Gasteiger partial charge in [-0.25, -0.2) is 0 Å². The fourth-order valence-electron chi connectivity index (χ4n) is 0.625. The van der Waals surface area contributed by atoms with E-state index in [4.69, 9.17) is 15.3 Å². The molecule has 1 atom stereocenters. The maximum Gasteiger partial charge on any atom is 0.389 e. The van der Waals surface area contributed by atoms with E-state index in [9.17, 15) is 0 Å². The first-order valence-corrected chi connectivity index (χ1v) is 3.25. The van der Waals surface area contributed by atoms with Gasteiger partial charge in [-0.3, -0.25) is 10.1 Å². The van der Waals surface area contributed by atoms with E-state index in [1.807, 2.05) is 0 Å². The molecule has 0 aromatic rings. The molecule has 1 saturated heterocycles. The van der Waals surface area contributed by atoms with Gasteiger partial charge in [-0.15, -0.1) is 0 Å². The largest absolute Gasteiger partial charge is 0.389 e. The highest BCUT2D eigenvalue weighted by atomic mass is 16.9. The molecule has 6 heteroatoms. The van der Waals surface area contributed by atoms with Crippen LogP contribution >= 0.6 is 0 Å². The first kappa shape index (κ1) is 8.60. The number of hydrogen-bond donors (Lipinski definition) is 1. The van der Waals surface area contributed by atoms with Crippen LogP contribution in [0.1, 0.15) is 6.92 Å². The summed E-state index contributed by atoms with van der Waals surface area (Å²) in [6.45, 7) is 2.01. The Morgan fingerprint density at radius 2 is 1.92 bits per heavy atom. The first-order valence-electron chi connectivity index (χ1n) is 3.25. The van der Waals surface area contributed by atoms with Gasteiger partial charge in [-0.1, -0.05) is 0 Å². The van der Waals surface area contributed by atoms with Crippen molar-refractivity contribution in [2.75, 3.05) is 6.54 Å².